The molecule has 0 amide bonds. The number of fused-ring (bicyclic) bond motifs is 9. The molecular weight excluding hydrogens is 574 g/mol. The fourth-order valence-corrected chi connectivity index (χ4v) is 7.27. The number of benzene rings is 8. The van der Waals surface area contributed by atoms with Crippen molar-refractivity contribution in [2.75, 3.05) is 4.90 Å². The Balaban J connectivity index is 1.28. The molecule has 0 aliphatic rings. The SMILES string of the molecule is c1cc(-c2ccc3ccccc3c2)cc(N(c2cccc3oc4ccccc4c23)c2cccc3oc4c5ccccc5ccc4c23)c1. The Bertz CT molecular complexity index is 2820. The van der Waals surface area contributed by atoms with Gasteiger partial charge in [-0.1, -0.05) is 109 Å². The predicted octanol–water partition coefficient (Wildman–Crippen LogP) is 12.9. The monoisotopic (exact) mass is 601 g/mol. The number of anilines is 3. The Kier molecular flexibility index (Phi) is 5.57. The summed E-state index contributed by atoms with van der Waals surface area (Å²) in [7, 11) is 0. The van der Waals surface area contributed by atoms with E-state index in [0.717, 1.165) is 77.3 Å². The summed E-state index contributed by atoms with van der Waals surface area (Å²) >= 11 is 0. The number of rotatable bonds is 4. The normalized spacial score (nSPS) is 11.8. The Morgan fingerprint density at radius 3 is 1.83 bits per heavy atom. The summed E-state index contributed by atoms with van der Waals surface area (Å²) in [6, 6.07) is 57.9. The van der Waals surface area contributed by atoms with Crippen LogP contribution >= 0.6 is 0 Å². The molecular formula is C44H27NO2. The molecule has 0 radical (unpaired) electrons. The lowest BCUT2D eigenvalue weighted by Crippen LogP contribution is -2.11. The molecule has 0 N–H and O–H groups in total. The van der Waals surface area contributed by atoms with Gasteiger partial charge in [-0.2, -0.15) is 0 Å². The standard InChI is InChI=1S/C44H27NO2/c1-2-12-30-26-32(23-22-28(30)10-1)31-13-7-14-33(27-31)45(37-17-8-20-40-42(37)35-16-5-6-19-39(35)46-40)38-18-9-21-41-43(38)36-25-24-29-11-3-4-15-34(29)44(36)47-41/h1-27H. The van der Waals surface area contributed by atoms with E-state index in [9.17, 15) is 0 Å². The van der Waals surface area contributed by atoms with Crippen LogP contribution in [0.2, 0.25) is 0 Å². The van der Waals surface area contributed by atoms with Crippen molar-refractivity contribution < 1.29 is 8.83 Å². The Labute approximate surface area is 270 Å². The summed E-state index contributed by atoms with van der Waals surface area (Å²) in [5.41, 5.74) is 8.96. The van der Waals surface area contributed by atoms with Gasteiger partial charge < -0.3 is 13.7 Å². The van der Waals surface area contributed by atoms with E-state index in [1.54, 1.807) is 0 Å². The number of hydrogen-bond acceptors (Lipinski definition) is 3. The van der Waals surface area contributed by atoms with Crippen LogP contribution in [-0.2, 0) is 0 Å². The number of nitrogens with zero attached hydrogens (tertiary/aromatic N) is 1. The predicted molar refractivity (Wildman–Crippen MR) is 196 cm³/mol. The molecule has 10 rings (SSSR count). The number of hydrogen-bond donors (Lipinski definition) is 0. The van der Waals surface area contributed by atoms with Crippen LogP contribution in [0, 0.1) is 0 Å². The van der Waals surface area contributed by atoms with Crippen molar-refractivity contribution >= 4 is 82.5 Å². The fourth-order valence-electron chi connectivity index (χ4n) is 7.27. The second-order valence-electron chi connectivity index (χ2n) is 12.1. The smallest absolute Gasteiger partial charge is 0.143 e. The first-order valence-corrected chi connectivity index (χ1v) is 15.9. The van der Waals surface area contributed by atoms with Crippen molar-refractivity contribution in [2.45, 2.75) is 0 Å². The lowest BCUT2D eigenvalue weighted by atomic mass is 9.99. The van der Waals surface area contributed by atoms with Crippen molar-refractivity contribution in [3.05, 3.63) is 164 Å². The van der Waals surface area contributed by atoms with E-state index in [0.29, 0.717) is 0 Å². The minimum Gasteiger partial charge on any atom is -0.456 e. The quantitative estimate of drug-likeness (QED) is 0.201. The van der Waals surface area contributed by atoms with Gasteiger partial charge in [0.25, 0.3) is 0 Å². The Morgan fingerprint density at radius 2 is 0.979 bits per heavy atom. The summed E-state index contributed by atoms with van der Waals surface area (Å²) in [6.07, 6.45) is 0. The maximum absolute atomic E-state index is 6.66. The molecule has 0 saturated carbocycles. The molecule has 2 heterocycles. The van der Waals surface area contributed by atoms with Crippen molar-refractivity contribution in [3.63, 3.8) is 0 Å². The van der Waals surface area contributed by atoms with E-state index in [2.05, 4.69) is 157 Å². The average Bonchev–Trinajstić information content (AvgIpc) is 3.71. The molecule has 0 fully saturated rings. The molecule has 220 valence electrons. The van der Waals surface area contributed by atoms with Crippen LogP contribution in [0.3, 0.4) is 0 Å². The molecule has 0 atom stereocenters. The third-order valence-electron chi connectivity index (χ3n) is 9.41. The maximum Gasteiger partial charge on any atom is 0.143 e. The Morgan fingerprint density at radius 1 is 0.362 bits per heavy atom. The zero-order valence-electron chi connectivity index (χ0n) is 25.4. The van der Waals surface area contributed by atoms with Crippen LogP contribution in [0.5, 0.6) is 0 Å². The molecule has 47 heavy (non-hydrogen) atoms. The molecule has 0 unspecified atom stereocenters. The lowest BCUT2D eigenvalue weighted by Gasteiger charge is -2.27. The first-order valence-electron chi connectivity index (χ1n) is 15.9. The minimum absolute atomic E-state index is 0.855. The number of furan rings is 2. The summed E-state index contributed by atoms with van der Waals surface area (Å²) in [5, 5.41) is 9.07. The zero-order valence-corrected chi connectivity index (χ0v) is 25.4. The molecule has 0 aliphatic carbocycles. The second-order valence-corrected chi connectivity index (χ2v) is 12.1. The van der Waals surface area contributed by atoms with Crippen LogP contribution in [-0.4, -0.2) is 0 Å². The van der Waals surface area contributed by atoms with Gasteiger partial charge in [0.1, 0.15) is 22.3 Å². The molecule has 0 spiro atoms. The van der Waals surface area contributed by atoms with Gasteiger partial charge in [-0.05, 0) is 81.9 Å². The van der Waals surface area contributed by atoms with Crippen LogP contribution in [0.4, 0.5) is 17.1 Å². The van der Waals surface area contributed by atoms with Gasteiger partial charge in [0, 0.05) is 21.8 Å². The van der Waals surface area contributed by atoms with Crippen LogP contribution < -0.4 is 4.90 Å². The van der Waals surface area contributed by atoms with Crippen LogP contribution in [0.15, 0.2) is 173 Å². The average molecular weight is 602 g/mol. The molecule has 3 heteroatoms. The molecule has 0 saturated heterocycles. The Hall–Kier alpha value is -6.32. The van der Waals surface area contributed by atoms with Crippen molar-refractivity contribution in [2.24, 2.45) is 0 Å². The highest BCUT2D eigenvalue weighted by molar-refractivity contribution is 6.21. The van der Waals surface area contributed by atoms with Gasteiger partial charge in [-0.15, -0.1) is 0 Å². The largest absolute Gasteiger partial charge is 0.456 e. The third kappa shape index (κ3) is 4.00. The third-order valence-corrected chi connectivity index (χ3v) is 9.41. The van der Waals surface area contributed by atoms with Crippen molar-refractivity contribution in [1.82, 2.24) is 0 Å². The van der Waals surface area contributed by atoms with Gasteiger partial charge in [0.2, 0.25) is 0 Å². The van der Waals surface area contributed by atoms with Crippen LogP contribution in [0.25, 0.3) is 76.5 Å². The van der Waals surface area contributed by atoms with Crippen LogP contribution in [0.1, 0.15) is 0 Å². The highest BCUT2D eigenvalue weighted by Crippen LogP contribution is 2.48. The van der Waals surface area contributed by atoms with E-state index in [1.165, 1.54) is 16.3 Å². The highest BCUT2D eigenvalue weighted by Gasteiger charge is 2.23. The first-order chi connectivity index (χ1) is 23.3. The second kappa shape index (κ2) is 10.1. The lowest BCUT2D eigenvalue weighted by molar-refractivity contribution is 0.669. The molecule has 3 nitrogen and oxygen atoms in total. The first kappa shape index (κ1) is 26.0. The van der Waals surface area contributed by atoms with E-state index < -0.39 is 0 Å². The molecule has 10 aromatic rings. The number of para-hydroxylation sites is 1. The van der Waals surface area contributed by atoms with Gasteiger partial charge in [0.05, 0.1) is 22.1 Å². The topological polar surface area (TPSA) is 29.5 Å². The van der Waals surface area contributed by atoms with Gasteiger partial charge in [-0.3, -0.25) is 0 Å². The highest BCUT2D eigenvalue weighted by atomic mass is 16.3. The van der Waals surface area contributed by atoms with E-state index >= 15 is 0 Å². The molecule has 0 aliphatic heterocycles. The summed E-state index contributed by atoms with van der Waals surface area (Å²) < 4.78 is 13.1. The minimum atomic E-state index is 0.855. The fraction of sp³-hybridized carbons (Fsp3) is 0. The van der Waals surface area contributed by atoms with E-state index in [-0.39, 0.29) is 0 Å². The summed E-state index contributed by atoms with van der Waals surface area (Å²) in [4.78, 5) is 2.38. The zero-order chi connectivity index (χ0) is 30.9. The van der Waals surface area contributed by atoms with Gasteiger partial charge in [-0.25, -0.2) is 0 Å². The van der Waals surface area contributed by atoms with Crippen molar-refractivity contribution in [1.29, 1.82) is 0 Å². The van der Waals surface area contributed by atoms with E-state index in [1.807, 2.05) is 12.1 Å². The van der Waals surface area contributed by atoms with Gasteiger partial charge >= 0.3 is 0 Å². The van der Waals surface area contributed by atoms with Crippen molar-refractivity contribution in [3.8, 4) is 11.1 Å². The molecule has 2 aromatic heterocycles. The van der Waals surface area contributed by atoms with Gasteiger partial charge in [0.15, 0.2) is 0 Å². The summed E-state index contributed by atoms with van der Waals surface area (Å²) in [5.74, 6) is 0. The van der Waals surface area contributed by atoms with E-state index in [4.69, 9.17) is 8.83 Å². The molecule has 0 bridgehead atoms. The summed E-state index contributed by atoms with van der Waals surface area (Å²) in [6.45, 7) is 0. The molecule has 8 aromatic carbocycles. The maximum atomic E-state index is 6.66.